The van der Waals surface area contributed by atoms with Crippen LogP contribution < -0.4 is 5.73 Å². The van der Waals surface area contributed by atoms with E-state index in [1.165, 1.54) is 154 Å². The first-order valence-electron chi connectivity index (χ1n) is 23.8. The standard InChI is InChI=1S/C47H90NO8P/c1-3-5-7-9-11-13-15-17-19-21-22-24-25-27-29-31-33-35-37-39-46(49)53-43-45(44-55-57(51,52)54-42-41-48)56-47(50)40-38-36-34-32-30-28-26-23-20-18-16-14-12-10-8-6-4-2/h17-20,45H,3-16,21-44,48H2,1-2H3,(H,51,52)/b19-17-,20-18-/t45-/m1/s1. The smallest absolute Gasteiger partial charge is 0.462 e. The maximum Gasteiger partial charge on any atom is 0.472 e. The Labute approximate surface area is 351 Å². The number of ether oxygens (including phenoxy) is 2. The number of hydrogen-bond acceptors (Lipinski definition) is 8. The number of rotatable bonds is 45. The fraction of sp³-hybridized carbons (Fsp3) is 0.872. The topological polar surface area (TPSA) is 134 Å². The number of hydrogen-bond donors (Lipinski definition) is 2. The average molecular weight is 828 g/mol. The van der Waals surface area contributed by atoms with Gasteiger partial charge in [-0.05, 0) is 64.2 Å². The van der Waals surface area contributed by atoms with Crippen LogP contribution in [-0.4, -0.2) is 49.3 Å². The van der Waals surface area contributed by atoms with E-state index in [0.717, 1.165) is 44.9 Å². The number of esters is 2. The molecule has 0 spiro atoms. The zero-order valence-electron chi connectivity index (χ0n) is 37.1. The second-order valence-electron chi connectivity index (χ2n) is 16.0. The van der Waals surface area contributed by atoms with Gasteiger partial charge in [0.1, 0.15) is 6.61 Å². The third kappa shape index (κ3) is 43.9. The molecule has 0 saturated heterocycles. The van der Waals surface area contributed by atoms with Crippen molar-refractivity contribution < 1.29 is 37.6 Å². The van der Waals surface area contributed by atoms with E-state index in [1.807, 2.05) is 0 Å². The Morgan fingerprint density at radius 2 is 0.860 bits per heavy atom. The highest BCUT2D eigenvalue weighted by atomic mass is 31.2. The first-order chi connectivity index (χ1) is 27.8. The monoisotopic (exact) mass is 828 g/mol. The Balaban J connectivity index is 4.08. The van der Waals surface area contributed by atoms with Crippen LogP contribution in [0.4, 0.5) is 0 Å². The highest BCUT2D eigenvalue weighted by Gasteiger charge is 2.26. The summed E-state index contributed by atoms with van der Waals surface area (Å²) in [5.41, 5.74) is 5.36. The van der Waals surface area contributed by atoms with Crippen LogP contribution in [0.5, 0.6) is 0 Å². The third-order valence-corrected chi connectivity index (χ3v) is 11.3. The van der Waals surface area contributed by atoms with Crippen molar-refractivity contribution in [3.63, 3.8) is 0 Å². The van der Waals surface area contributed by atoms with Crippen LogP contribution in [0.1, 0.15) is 232 Å². The third-order valence-electron chi connectivity index (χ3n) is 10.3. The maximum atomic E-state index is 12.6. The summed E-state index contributed by atoms with van der Waals surface area (Å²) in [7, 11) is -4.38. The van der Waals surface area contributed by atoms with E-state index in [-0.39, 0.29) is 38.6 Å². The Morgan fingerprint density at radius 1 is 0.509 bits per heavy atom. The fourth-order valence-electron chi connectivity index (χ4n) is 6.74. The molecule has 0 amide bonds. The summed E-state index contributed by atoms with van der Waals surface area (Å²) >= 11 is 0. The number of carbonyl (C=O) groups excluding carboxylic acids is 2. The molecule has 1 unspecified atom stereocenters. The van der Waals surface area contributed by atoms with Crippen molar-refractivity contribution in [2.45, 2.75) is 238 Å². The lowest BCUT2D eigenvalue weighted by atomic mass is 10.1. The van der Waals surface area contributed by atoms with Crippen LogP contribution in [-0.2, 0) is 32.7 Å². The van der Waals surface area contributed by atoms with Gasteiger partial charge in [-0.2, -0.15) is 0 Å². The van der Waals surface area contributed by atoms with Crippen LogP contribution in [0.3, 0.4) is 0 Å². The van der Waals surface area contributed by atoms with Crippen molar-refractivity contribution in [1.82, 2.24) is 0 Å². The van der Waals surface area contributed by atoms with E-state index in [0.29, 0.717) is 6.42 Å². The number of unbranched alkanes of at least 4 members (excludes halogenated alkanes) is 28. The molecule has 57 heavy (non-hydrogen) atoms. The number of phosphoric acid groups is 1. The minimum absolute atomic E-state index is 0.0537. The molecular formula is C47H90NO8P. The Morgan fingerprint density at radius 3 is 1.25 bits per heavy atom. The molecule has 0 rings (SSSR count). The summed E-state index contributed by atoms with van der Waals surface area (Å²) in [5.74, 6) is -0.827. The van der Waals surface area contributed by atoms with Crippen molar-refractivity contribution >= 4 is 19.8 Å². The van der Waals surface area contributed by atoms with Gasteiger partial charge in [0.25, 0.3) is 0 Å². The van der Waals surface area contributed by atoms with Crippen LogP contribution in [0, 0.1) is 0 Å². The average Bonchev–Trinajstić information content (AvgIpc) is 3.20. The first kappa shape index (κ1) is 55.5. The predicted octanol–water partition coefficient (Wildman–Crippen LogP) is 13.9. The molecule has 0 aromatic carbocycles. The molecule has 0 aliphatic heterocycles. The van der Waals surface area contributed by atoms with Gasteiger partial charge in [0.2, 0.25) is 0 Å². The minimum Gasteiger partial charge on any atom is -0.462 e. The van der Waals surface area contributed by atoms with Gasteiger partial charge < -0.3 is 20.1 Å². The molecule has 0 radical (unpaired) electrons. The van der Waals surface area contributed by atoms with Gasteiger partial charge in [0, 0.05) is 19.4 Å². The van der Waals surface area contributed by atoms with Crippen molar-refractivity contribution in [2.75, 3.05) is 26.4 Å². The highest BCUT2D eigenvalue weighted by Crippen LogP contribution is 2.43. The number of phosphoric ester groups is 1. The van der Waals surface area contributed by atoms with Gasteiger partial charge in [-0.15, -0.1) is 0 Å². The minimum atomic E-state index is -4.38. The van der Waals surface area contributed by atoms with Crippen molar-refractivity contribution in [2.24, 2.45) is 5.73 Å². The molecular weight excluding hydrogens is 737 g/mol. The molecule has 0 bridgehead atoms. The summed E-state index contributed by atoms with van der Waals surface area (Å²) in [6.07, 6.45) is 47.8. The zero-order chi connectivity index (χ0) is 41.8. The van der Waals surface area contributed by atoms with E-state index >= 15 is 0 Å². The van der Waals surface area contributed by atoms with Crippen molar-refractivity contribution in [1.29, 1.82) is 0 Å². The molecule has 0 aliphatic rings. The molecule has 0 heterocycles. The quantitative estimate of drug-likeness (QED) is 0.0266. The summed E-state index contributed by atoms with van der Waals surface area (Å²) in [6, 6.07) is 0. The molecule has 3 N–H and O–H groups in total. The molecule has 0 aromatic heterocycles. The second-order valence-corrected chi connectivity index (χ2v) is 17.4. The summed E-state index contributed by atoms with van der Waals surface area (Å²) in [5, 5.41) is 0. The van der Waals surface area contributed by atoms with Crippen molar-refractivity contribution in [3.8, 4) is 0 Å². The SMILES string of the molecule is CCCCCCCC/C=C\CCCCCCCCCCCC(=O)OC[C@H](COP(=O)(O)OCCN)OC(=O)CCCCCCCCC/C=C\CCCCCCCC. The lowest BCUT2D eigenvalue weighted by molar-refractivity contribution is -0.161. The molecule has 10 heteroatoms. The van der Waals surface area contributed by atoms with Gasteiger partial charge in [0.05, 0.1) is 13.2 Å². The molecule has 336 valence electrons. The maximum absolute atomic E-state index is 12.6. The molecule has 2 atom stereocenters. The van der Waals surface area contributed by atoms with Crippen LogP contribution in [0.2, 0.25) is 0 Å². The van der Waals surface area contributed by atoms with Crippen LogP contribution >= 0.6 is 7.82 Å². The first-order valence-corrected chi connectivity index (χ1v) is 25.3. The van der Waals surface area contributed by atoms with E-state index in [1.54, 1.807) is 0 Å². The molecule has 0 aromatic rings. The lowest BCUT2D eigenvalue weighted by Gasteiger charge is -2.19. The number of allylic oxidation sites excluding steroid dienone is 4. The molecule has 9 nitrogen and oxygen atoms in total. The van der Waals surface area contributed by atoms with Gasteiger partial charge in [-0.3, -0.25) is 18.6 Å². The van der Waals surface area contributed by atoms with E-state index in [2.05, 4.69) is 38.2 Å². The number of carbonyl (C=O) groups is 2. The normalized spacial score (nSPS) is 13.4. The Bertz CT molecular complexity index is 990. The molecule has 0 fully saturated rings. The summed E-state index contributed by atoms with van der Waals surface area (Å²) < 4.78 is 32.9. The van der Waals surface area contributed by atoms with E-state index in [9.17, 15) is 19.0 Å². The molecule has 0 aliphatic carbocycles. The van der Waals surface area contributed by atoms with Crippen molar-refractivity contribution in [3.05, 3.63) is 24.3 Å². The van der Waals surface area contributed by atoms with E-state index in [4.69, 9.17) is 24.3 Å². The Hall–Kier alpha value is -1.51. The second kappa shape index (κ2) is 44.1. The van der Waals surface area contributed by atoms with E-state index < -0.39 is 26.5 Å². The number of nitrogens with two attached hydrogens (primary N) is 1. The molecule has 0 saturated carbocycles. The summed E-state index contributed by atoms with van der Waals surface area (Å²) in [6.45, 7) is 3.75. The highest BCUT2D eigenvalue weighted by molar-refractivity contribution is 7.47. The Kier molecular flexibility index (Phi) is 42.9. The van der Waals surface area contributed by atoms with Gasteiger partial charge in [0.15, 0.2) is 6.10 Å². The summed E-state index contributed by atoms with van der Waals surface area (Å²) in [4.78, 5) is 35.0. The van der Waals surface area contributed by atoms with Crippen LogP contribution in [0.25, 0.3) is 0 Å². The predicted molar refractivity (Wildman–Crippen MR) is 238 cm³/mol. The largest absolute Gasteiger partial charge is 0.472 e. The van der Waals surface area contributed by atoms with Gasteiger partial charge >= 0.3 is 19.8 Å². The lowest BCUT2D eigenvalue weighted by Crippen LogP contribution is -2.29. The van der Waals surface area contributed by atoms with Crippen LogP contribution in [0.15, 0.2) is 24.3 Å². The van der Waals surface area contributed by atoms with Gasteiger partial charge in [-0.1, -0.05) is 179 Å². The van der Waals surface area contributed by atoms with Gasteiger partial charge in [-0.25, -0.2) is 4.57 Å². The fourth-order valence-corrected chi connectivity index (χ4v) is 7.51. The zero-order valence-corrected chi connectivity index (χ0v) is 38.0.